The molecule has 1 fully saturated rings. The second-order valence-electron chi connectivity index (χ2n) is 8.45. The molecule has 0 saturated heterocycles. The molecular weight excluding hydrogens is 544 g/mol. The maximum absolute atomic E-state index is 14.2. The summed E-state index contributed by atoms with van der Waals surface area (Å²) in [4.78, 5) is 44.7. The van der Waals surface area contributed by atoms with Crippen LogP contribution in [0.3, 0.4) is 0 Å². The van der Waals surface area contributed by atoms with Crippen molar-refractivity contribution in [3.63, 3.8) is 0 Å². The molecule has 0 aliphatic heterocycles. The van der Waals surface area contributed by atoms with Crippen molar-refractivity contribution in [3.8, 4) is 0 Å². The van der Waals surface area contributed by atoms with Gasteiger partial charge < -0.3 is 20.0 Å². The average Bonchev–Trinajstić information content (AvgIpc) is 3.57. The van der Waals surface area contributed by atoms with Gasteiger partial charge >= 0.3 is 5.69 Å². The first-order chi connectivity index (χ1) is 16.4. The van der Waals surface area contributed by atoms with E-state index in [1.165, 1.54) is 17.0 Å². The molecule has 4 aromatic rings. The Morgan fingerprint density at radius 3 is 2.49 bits per heavy atom. The molecule has 0 atom stereocenters. The summed E-state index contributed by atoms with van der Waals surface area (Å²) in [5.41, 5.74) is 0.743. The fourth-order valence-electron chi connectivity index (χ4n) is 3.96. The van der Waals surface area contributed by atoms with Gasteiger partial charge in [0.15, 0.2) is 5.65 Å². The average molecular weight is 565 g/mol. The van der Waals surface area contributed by atoms with Crippen molar-refractivity contribution in [1.82, 2.24) is 19.1 Å². The molecule has 2 heterocycles. The van der Waals surface area contributed by atoms with Gasteiger partial charge in [-0.3, -0.25) is 13.9 Å². The maximum Gasteiger partial charge on any atom is 0.333 e. The van der Waals surface area contributed by atoms with E-state index in [2.05, 4.69) is 9.97 Å². The summed E-state index contributed by atoms with van der Waals surface area (Å²) in [5, 5.41) is 9.76. The van der Waals surface area contributed by atoms with Gasteiger partial charge in [0.05, 0.1) is 13.0 Å². The Bertz CT molecular complexity index is 1490. The minimum absolute atomic E-state index is 0. The van der Waals surface area contributed by atoms with Crippen LogP contribution in [0.25, 0.3) is 11.2 Å². The predicted octanol–water partition coefficient (Wildman–Crippen LogP) is 2.33. The number of H-pyrrole nitrogens is 1. The monoisotopic (exact) mass is 565 g/mol. The van der Waals surface area contributed by atoms with Crippen molar-refractivity contribution < 1.29 is 33.9 Å². The van der Waals surface area contributed by atoms with Crippen LogP contribution in [-0.2, 0) is 43.8 Å². The first-order valence-corrected chi connectivity index (χ1v) is 10.9. The van der Waals surface area contributed by atoms with E-state index in [0.717, 1.165) is 23.0 Å². The third-order valence-electron chi connectivity index (χ3n) is 5.97. The Labute approximate surface area is 211 Å². The Balaban J connectivity index is 0.00000289. The van der Waals surface area contributed by atoms with Crippen molar-refractivity contribution in [2.24, 2.45) is 5.92 Å². The molecular formula is C24H21FN5O4Rh-. The van der Waals surface area contributed by atoms with Crippen molar-refractivity contribution in [3.05, 3.63) is 92.1 Å². The summed E-state index contributed by atoms with van der Waals surface area (Å²) < 4.78 is 16.8. The molecule has 2 aromatic heterocycles. The van der Waals surface area contributed by atoms with Crippen LogP contribution in [-0.4, -0.2) is 30.7 Å². The number of hydrogen-bond donors (Lipinski definition) is 2. The van der Waals surface area contributed by atoms with Crippen molar-refractivity contribution in [2.45, 2.75) is 32.4 Å². The van der Waals surface area contributed by atoms with Gasteiger partial charge in [-0.1, -0.05) is 36.0 Å². The van der Waals surface area contributed by atoms with Gasteiger partial charge in [-0.05, 0) is 30.4 Å². The molecule has 183 valence electrons. The molecule has 35 heavy (non-hydrogen) atoms. The first-order valence-electron chi connectivity index (χ1n) is 10.9. The van der Waals surface area contributed by atoms with E-state index in [9.17, 15) is 24.0 Å². The number of nitrogens with one attached hydrogen (secondary N) is 1. The zero-order chi connectivity index (χ0) is 23.8. The Hall–Kier alpha value is -3.43. The van der Waals surface area contributed by atoms with Gasteiger partial charge in [-0.25, -0.2) is 14.2 Å². The van der Waals surface area contributed by atoms with Crippen LogP contribution in [0.15, 0.2) is 58.1 Å². The van der Waals surface area contributed by atoms with Crippen LogP contribution in [0.5, 0.6) is 0 Å². The molecule has 1 aliphatic carbocycles. The summed E-state index contributed by atoms with van der Waals surface area (Å²) in [6, 6.07) is 12.6. The van der Waals surface area contributed by atoms with E-state index in [4.69, 9.17) is 0 Å². The molecule has 2 N–H and O–H groups in total. The molecule has 1 aliphatic rings. The number of carbonyl (C=O) groups excluding carboxylic acids is 1. The topological polar surface area (TPSA) is 113 Å². The maximum atomic E-state index is 14.2. The molecule has 11 heteroatoms. The van der Waals surface area contributed by atoms with Crippen molar-refractivity contribution in [1.29, 1.82) is 0 Å². The largest absolute Gasteiger partial charge is 0.396 e. The zero-order valence-corrected chi connectivity index (χ0v) is 20.0. The van der Waals surface area contributed by atoms with Crippen LogP contribution in [0.1, 0.15) is 29.8 Å². The normalized spacial score (nSPS) is 13.0. The molecule has 0 unspecified atom stereocenters. The molecule has 1 amide bonds. The van der Waals surface area contributed by atoms with Gasteiger partial charge in [0, 0.05) is 38.0 Å². The number of hydrogen-bond acceptors (Lipinski definition) is 5. The number of hydroxylamine groups is 1. The third-order valence-corrected chi connectivity index (χ3v) is 5.97. The van der Waals surface area contributed by atoms with Crippen molar-refractivity contribution in [2.75, 3.05) is 5.06 Å². The number of fused-ring (bicyclic) bond motifs is 1. The SMILES string of the molecule is O=[C-]N(O)c1ccc(Cc2nc3c([nH]2)c(=O)n(Cc2ccccc2F)c(=O)n3CC2CC2)cc1.[Rh]. The van der Waals surface area contributed by atoms with E-state index in [1.54, 1.807) is 42.5 Å². The standard InChI is InChI=1S/C24H21FN5O4.Rh/c25-19-4-2-1-3-17(19)13-29-23(32)21-22(28(24(29)33)12-16-5-6-16)27-20(26-21)11-15-7-9-18(10-8-15)30(34)14-31;/h1-4,7-10,16,34H,5-6,11-13H2,(H,26,27);/q-1;. The number of amides is 1. The van der Waals surface area contributed by atoms with Gasteiger partial charge in [0.25, 0.3) is 5.56 Å². The van der Waals surface area contributed by atoms with Crippen LogP contribution in [0.2, 0.25) is 0 Å². The van der Waals surface area contributed by atoms with E-state index >= 15 is 0 Å². The number of aromatic nitrogens is 4. The second-order valence-corrected chi connectivity index (χ2v) is 8.45. The zero-order valence-electron chi connectivity index (χ0n) is 18.4. The van der Waals surface area contributed by atoms with Gasteiger partial charge in [0.1, 0.15) is 17.2 Å². The summed E-state index contributed by atoms with van der Waals surface area (Å²) >= 11 is 0. The minimum Gasteiger partial charge on any atom is -0.396 e. The number of nitrogens with zero attached hydrogens (tertiary/aromatic N) is 4. The van der Waals surface area contributed by atoms with Crippen molar-refractivity contribution >= 4 is 23.3 Å². The van der Waals surface area contributed by atoms with Gasteiger partial charge in [-0.15, -0.1) is 12.1 Å². The Morgan fingerprint density at radius 2 is 1.83 bits per heavy atom. The molecule has 5 rings (SSSR count). The Kier molecular flexibility index (Phi) is 7.09. The summed E-state index contributed by atoms with van der Waals surface area (Å²) in [5.74, 6) is 0.351. The number of anilines is 1. The summed E-state index contributed by atoms with van der Waals surface area (Å²) in [6.07, 6.45) is 3.70. The predicted molar refractivity (Wildman–Crippen MR) is 122 cm³/mol. The summed E-state index contributed by atoms with van der Waals surface area (Å²) in [7, 11) is 0. The minimum atomic E-state index is -0.554. The molecule has 0 bridgehead atoms. The third kappa shape index (κ3) is 5.01. The van der Waals surface area contributed by atoms with Crippen LogP contribution in [0.4, 0.5) is 10.1 Å². The number of halogens is 1. The number of rotatable bonds is 8. The van der Waals surface area contributed by atoms with E-state index < -0.39 is 17.1 Å². The second kappa shape index (κ2) is 10.1. The number of aromatic amines is 1. The first kappa shape index (κ1) is 24.7. The molecule has 0 spiro atoms. The molecule has 1 radical (unpaired) electrons. The van der Waals surface area contributed by atoms with Gasteiger partial charge in [-0.2, -0.15) is 0 Å². The fourth-order valence-corrected chi connectivity index (χ4v) is 3.96. The summed E-state index contributed by atoms with van der Waals surface area (Å²) in [6.45, 7) is 0.270. The van der Waals surface area contributed by atoms with E-state index in [-0.39, 0.29) is 48.4 Å². The Morgan fingerprint density at radius 1 is 1.11 bits per heavy atom. The molecule has 1 saturated carbocycles. The van der Waals surface area contributed by atoms with Crippen LogP contribution < -0.4 is 16.3 Å². The van der Waals surface area contributed by atoms with Crippen LogP contribution >= 0.6 is 0 Å². The molecule has 2 aromatic carbocycles. The molecule has 9 nitrogen and oxygen atoms in total. The fraction of sp³-hybridized carbons (Fsp3) is 0.250. The van der Waals surface area contributed by atoms with E-state index in [1.807, 2.05) is 0 Å². The number of benzene rings is 2. The van der Waals surface area contributed by atoms with E-state index in [0.29, 0.717) is 29.8 Å². The van der Waals surface area contributed by atoms with Crippen LogP contribution in [0, 0.1) is 11.7 Å². The smallest absolute Gasteiger partial charge is 0.333 e. The number of imidazole rings is 1. The quantitative estimate of drug-likeness (QED) is 0.112. The van der Waals surface area contributed by atoms with Gasteiger partial charge in [0.2, 0.25) is 0 Å².